The minimum atomic E-state index is -3.66. The summed E-state index contributed by atoms with van der Waals surface area (Å²) in [5.41, 5.74) is 1.56. The van der Waals surface area contributed by atoms with Gasteiger partial charge >= 0.3 is 0 Å². The van der Waals surface area contributed by atoms with Crippen LogP contribution in [0.25, 0.3) is 11.0 Å². The fourth-order valence-electron chi connectivity index (χ4n) is 2.22. The number of para-hydroxylation sites is 2. The quantitative estimate of drug-likeness (QED) is 0.567. The second-order valence-corrected chi connectivity index (χ2v) is 7.94. The molecule has 9 heteroatoms. The SMILES string of the molecule is O=C(CCNS(=O)(=O)c1cccc(Br)c1)Nc1nc2ccccc2[nH]1. The highest BCUT2D eigenvalue weighted by Gasteiger charge is 2.14. The van der Waals surface area contributed by atoms with Crippen LogP contribution >= 0.6 is 15.9 Å². The molecule has 0 spiro atoms. The summed E-state index contributed by atoms with van der Waals surface area (Å²) in [7, 11) is -3.66. The highest BCUT2D eigenvalue weighted by molar-refractivity contribution is 9.10. The Hall–Kier alpha value is -2.23. The summed E-state index contributed by atoms with van der Waals surface area (Å²) >= 11 is 3.23. The van der Waals surface area contributed by atoms with Gasteiger partial charge in [0.05, 0.1) is 15.9 Å². The average molecular weight is 423 g/mol. The molecule has 1 amide bonds. The second kappa shape index (κ2) is 7.34. The van der Waals surface area contributed by atoms with Gasteiger partial charge in [0.15, 0.2) is 0 Å². The minimum absolute atomic E-state index is 0.00964. The summed E-state index contributed by atoms with van der Waals surface area (Å²) in [6.07, 6.45) is -0.00964. The van der Waals surface area contributed by atoms with Crippen molar-refractivity contribution in [3.8, 4) is 0 Å². The highest BCUT2D eigenvalue weighted by Crippen LogP contribution is 2.16. The van der Waals surface area contributed by atoms with Gasteiger partial charge in [0.2, 0.25) is 21.9 Å². The van der Waals surface area contributed by atoms with Crippen LogP contribution in [0.15, 0.2) is 57.9 Å². The number of rotatable bonds is 6. The topological polar surface area (TPSA) is 104 Å². The van der Waals surface area contributed by atoms with Crippen LogP contribution in [0.2, 0.25) is 0 Å². The normalized spacial score (nSPS) is 11.6. The Morgan fingerprint density at radius 1 is 1.16 bits per heavy atom. The lowest BCUT2D eigenvalue weighted by Crippen LogP contribution is -2.28. The summed E-state index contributed by atoms with van der Waals surface area (Å²) < 4.78 is 27.4. The zero-order valence-electron chi connectivity index (χ0n) is 13.0. The Kier molecular flexibility index (Phi) is 5.16. The van der Waals surface area contributed by atoms with Crippen molar-refractivity contribution in [2.24, 2.45) is 0 Å². The lowest BCUT2D eigenvalue weighted by Gasteiger charge is -2.07. The third kappa shape index (κ3) is 4.44. The summed E-state index contributed by atoms with van der Waals surface area (Å²) in [6, 6.07) is 13.7. The number of aromatic nitrogens is 2. The molecule has 2 aromatic carbocycles. The van der Waals surface area contributed by atoms with Gasteiger partial charge in [0, 0.05) is 17.4 Å². The first-order valence-electron chi connectivity index (χ1n) is 7.44. The number of carbonyl (C=O) groups is 1. The van der Waals surface area contributed by atoms with E-state index in [1.165, 1.54) is 12.1 Å². The zero-order chi connectivity index (χ0) is 17.9. The van der Waals surface area contributed by atoms with Crippen molar-refractivity contribution in [2.45, 2.75) is 11.3 Å². The third-order valence-corrected chi connectivity index (χ3v) is 5.35. The number of hydrogen-bond acceptors (Lipinski definition) is 4. The van der Waals surface area contributed by atoms with Crippen molar-refractivity contribution < 1.29 is 13.2 Å². The predicted octanol–water partition coefficient (Wildman–Crippen LogP) is 2.63. The fourth-order valence-corrected chi connectivity index (χ4v) is 3.85. The summed E-state index contributed by atoms with van der Waals surface area (Å²) in [5, 5.41) is 2.62. The van der Waals surface area contributed by atoms with Gasteiger partial charge in [-0.25, -0.2) is 18.1 Å². The molecule has 130 valence electrons. The van der Waals surface area contributed by atoms with Gasteiger partial charge in [0.1, 0.15) is 0 Å². The molecule has 1 heterocycles. The lowest BCUT2D eigenvalue weighted by molar-refractivity contribution is -0.116. The standard InChI is InChI=1S/C16H15BrN4O3S/c17-11-4-3-5-12(10-11)25(23,24)18-9-8-15(22)21-16-19-13-6-1-2-7-14(13)20-16/h1-7,10,18H,8-9H2,(H2,19,20,21,22). The molecular formula is C16H15BrN4O3S. The molecule has 0 aliphatic carbocycles. The number of benzene rings is 2. The number of halogens is 1. The number of fused-ring (bicyclic) bond motifs is 1. The van der Waals surface area contributed by atoms with Gasteiger partial charge in [-0.05, 0) is 30.3 Å². The van der Waals surface area contributed by atoms with Crippen LogP contribution in [0, 0.1) is 0 Å². The van der Waals surface area contributed by atoms with Gasteiger partial charge in [-0.2, -0.15) is 0 Å². The maximum atomic E-state index is 12.2. The van der Waals surface area contributed by atoms with Crippen molar-refractivity contribution in [2.75, 3.05) is 11.9 Å². The second-order valence-electron chi connectivity index (χ2n) is 5.26. The summed E-state index contributed by atoms with van der Waals surface area (Å²) in [6.45, 7) is -0.0130. The zero-order valence-corrected chi connectivity index (χ0v) is 15.4. The number of nitrogens with zero attached hydrogens (tertiary/aromatic N) is 1. The van der Waals surface area contributed by atoms with Crippen LogP contribution in [0.4, 0.5) is 5.95 Å². The number of nitrogens with one attached hydrogen (secondary N) is 3. The first-order chi connectivity index (χ1) is 11.9. The van der Waals surface area contributed by atoms with Crippen LogP contribution in [0.1, 0.15) is 6.42 Å². The molecule has 0 aliphatic rings. The number of hydrogen-bond donors (Lipinski definition) is 3. The van der Waals surface area contributed by atoms with Crippen molar-refractivity contribution in [1.82, 2.24) is 14.7 Å². The molecule has 25 heavy (non-hydrogen) atoms. The van der Waals surface area contributed by atoms with E-state index in [1.807, 2.05) is 24.3 Å². The lowest BCUT2D eigenvalue weighted by atomic mass is 10.3. The largest absolute Gasteiger partial charge is 0.324 e. The third-order valence-electron chi connectivity index (χ3n) is 3.40. The molecule has 3 rings (SSSR count). The maximum absolute atomic E-state index is 12.2. The summed E-state index contributed by atoms with van der Waals surface area (Å²) in [5.74, 6) is -0.00274. The number of carbonyl (C=O) groups excluding carboxylic acids is 1. The number of imidazole rings is 1. The maximum Gasteiger partial charge on any atom is 0.240 e. The van der Waals surface area contributed by atoms with Gasteiger partial charge in [-0.1, -0.05) is 34.1 Å². The van der Waals surface area contributed by atoms with Gasteiger partial charge in [-0.15, -0.1) is 0 Å². The van der Waals surface area contributed by atoms with E-state index in [1.54, 1.807) is 12.1 Å². The van der Waals surface area contributed by atoms with Crippen molar-refractivity contribution >= 4 is 48.8 Å². The van der Waals surface area contributed by atoms with E-state index < -0.39 is 10.0 Å². The molecule has 0 bridgehead atoms. The Balaban J connectivity index is 1.55. The number of amides is 1. The van der Waals surface area contributed by atoms with Crippen LogP contribution in [-0.4, -0.2) is 30.8 Å². The predicted molar refractivity (Wildman–Crippen MR) is 98.7 cm³/mol. The van der Waals surface area contributed by atoms with Gasteiger partial charge in [0.25, 0.3) is 0 Å². The van der Waals surface area contributed by atoms with Gasteiger partial charge in [-0.3, -0.25) is 10.1 Å². The molecule has 0 radical (unpaired) electrons. The average Bonchev–Trinajstić information content (AvgIpc) is 2.96. The number of anilines is 1. The molecule has 0 saturated heterocycles. The van der Waals surface area contributed by atoms with Crippen LogP contribution in [0.5, 0.6) is 0 Å². The van der Waals surface area contributed by atoms with E-state index >= 15 is 0 Å². The Labute approximate surface area is 153 Å². The Bertz CT molecular complexity index is 984. The van der Waals surface area contributed by atoms with E-state index in [-0.39, 0.29) is 23.8 Å². The first kappa shape index (κ1) is 17.6. The van der Waals surface area contributed by atoms with E-state index in [9.17, 15) is 13.2 Å². The summed E-state index contributed by atoms with van der Waals surface area (Å²) in [4.78, 5) is 19.3. The molecule has 0 aliphatic heterocycles. The van der Waals surface area contributed by atoms with Crippen LogP contribution in [-0.2, 0) is 14.8 Å². The highest BCUT2D eigenvalue weighted by atomic mass is 79.9. The number of H-pyrrole nitrogens is 1. The van der Waals surface area contributed by atoms with Crippen LogP contribution in [0.3, 0.4) is 0 Å². The molecule has 0 fully saturated rings. The monoisotopic (exact) mass is 422 g/mol. The minimum Gasteiger partial charge on any atom is -0.324 e. The van der Waals surface area contributed by atoms with Gasteiger partial charge < -0.3 is 4.98 Å². The smallest absolute Gasteiger partial charge is 0.240 e. The molecular weight excluding hydrogens is 408 g/mol. The number of sulfonamides is 1. The Morgan fingerprint density at radius 2 is 1.96 bits per heavy atom. The molecule has 0 saturated carbocycles. The molecule has 0 atom stereocenters. The van der Waals surface area contributed by atoms with Crippen LogP contribution < -0.4 is 10.0 Å². The fraction of sp³-hybridized carbons (Fsp3) is 0.125. The van der Waals surface area contributed by atoms with E-state index in [0.717, 1.165) is 11.0 Å². The van der Waals surface area contributed by atoms with Crippen molar-refractivity contribution in [1.29, 1.82) is 0 Å². The van der Waals surface area contributed by atoms with Crippen molar-refractivity contribution in [3.63, 3.8) is 0 Å². The molecule has 3 N–H and O–H groups in total. The van der Waals surface area contributed by atoms with E-state index in [2.05, 4.69) is 35.9 Å². The Morgan fingerprint density at radius 3 is 2.72 bits per heavy atom. The molecule has 7 nitrogen and oxygen atoms in total. The molecule has 1 aromatic heterocycles. The van der Waals surface area contributed by atoms with E-state index in [4.69, 9.17) is 0 Å². The van der Waals surface area contributed by atoms with E-state index in [0.29, 0.717) is 10.4 Å². The number of aromatic amines is 1. The molecule has 0 unspecified atom stereocenters. The first-order valence-corrected chi connectivity index (χ1v) is 9.71. The van der Waals surface area contributed by atoms with Crippen molar-refractivity contribution in [3.05, 3.63) is 53.0 Å². The molecule has 3 aromatic rings.